The fourth-order valence-corrected chi connectivity index (χ4v) is 4.03. The van der Waals surface area contributed by atoms with Gasteiger partial charge in [0.05, 0.1) is 18.4 Å². The van der Waals surface area contributed by atoms with Crippen LogP contribution in [0.1, 0.15) is 29.8 Å². The van der Waals surface area contributed by atoms with E-state index in [1.165, 1.54) is 11.1 Å². The van der Waals surface area contributed by atoms with Crippen molar-refractivity contribution >= 4 is 35.8 Å². The molecule has 1 amide bonds. The topological polar surface area (TPSA) is 76.6 Å². The monoisotopic (exact) mass is 558 g/mol. The Hall–Kier alpha value is -2.88. The second kappa shape index (κ2) is 11.8. The minimum atomic E-state index is 0. The van der Waals surface area contributed by atoms with E-state index >= 15 is 0 Å². The molecule has 0 radical (unpaired) electrons. The first kappa shape index (κ1) is 24.8. The number of hydrogen-bond donors (Lipinski definition) is 2. The van der Waals surface area contributed by atoms with Crippen LogP contribution < -0.4 is 5.32 Å². The second-order valence-corrected chi connectivity index (χ2v) is 8.05. The normalized spacial score (nSPS) is 13.7. The van der Waals surface area contributed by atoms with Crippen LogP contribution >= 0.6 is 24.0 Å². The molecule has 0 aliphatic carbocycles. The minimum absolute atomic E-state index is 0. The number of H-pyrrole nitrogens is 1. The molecule has 33 heavy (non-hydrogen) atoms. The first-order chi connectivity index (χ1) is 15.6. The lowest BCUT2D eigenvalue weighted by Gasteiger charge is -2.22. The average Bonchev–Trinajstić information content (AvgIpc) is 3.45. The number of nitrogens with one attached hydrogen (secondary N) is 2. The molecule has 2 N–H and O–H groups in total. The molecule has 1 aliphatic rings. The summed E-state index contributed by atoms with van der Waals surface area (Å²) in [7, 11) is 3.78. The molecule has 2 heterocycles. The summed E-state index contributed by atoms with van der Waals surface area (Å²) in [5.41, 5.74) is 4.46. The number of likely N-dealkylation sites (tertiary alicyclic amines) is 1. The summed E-state index contributed by atoms with van der Waals surface area (Å²) in [5, 5.41) is 3.45. The van der Waals surface area contributed by atoms with Crippen LogP contribution in [0, 0.1) is 0 Å². The van der Waals surface area contributed by atoms with Crippen LogP contribution in [0.3, 0.4) is 0 Å². The zero-order chi connectivity index (χ0) is 22.3. The Bertz CT molecular complexity index is 1080. The summed E-state index contributed by atoms with van der Waals surface area (Å²) in [6, 6.07) is 18.4. The molecule has 0 spiro atoms. The van der Waals surface area contributed by atoms with Crippen molar-refractivity contribution in [2.24, 2.45) is 4.99 Å². The van der Waals surface area contributed by atoms with Crippen molar-refractivity contribution in [1.82, 2.24) is 25.1 Å². The van der Waals surface area contributed by atoms with Crippen molar-refractivity contribution in [2.45, 2.75) is 32.5 Å². The van der Waals surface area contributed by atoms with E-state index in [4.69, 9.17) is 0 Å². The standard InChI is InChI=1S/C25H30N6O.HI/c1-26-25(30(2)18-23-27-16-22(29-23)19-9-4-3-5-10-19)28-15-20-11-6-7-12-21(20)17-31-14-8-13-24(31)32;/h3-7,9-12,16H,8,13-15,17-18H2,1-2H3,(H,26,28)(H,27,29);1H. The molecule has 0 atom stereocenters. The number of hydrogen-bond acceptors (Lipinski definition) is 3. The van der Waals surface area contributed by atoms with Crippen molar-refractivity contribution in [3.05, 3.63) is 77.7 Å². The molecule has 1 fully saturated rings. The molecular weight excluding hydrogens is 527 g/mol. The van der Waals surface area contributed by atoms with Crippen molar-refractivity contribution in [3.8, 4) is 11.3 Å². The molecular formula is C25H31IN6O. The quantitative estimate of drug-likeness (QED) is 0.261. The number of halogens is 1. The van der Waals surface area contributed by atoms with Gasteiger partial charge in [-0.3, -0.25) is 9.79 Å². The van der Waals surface area contributed by atoms with E-state index < -0.39 is 0 Å². The molecule has 4 rings (SSSR count). The zero-order valence-electron chi connectivity index (χ0n) is 19.1. The molecule has 0 bridgehead atoms. The fourth-order valence-electron chi connectivity index (χ4n) is 4.03. The summed E-state index contributed by atoms with van der Waals surface area (Å²) in [5.74, 6) is 1.91. The minimum Gasteiger partial charge on any atom is -0.352 e. The van der Waals surface area contributed by atoms with E-state index in [1.54, 1.807) is 7.05 Å². The smallest absolute Gasteiger partial charge is 0.222 e. The Morgan fingerprint density at radius 3 is 2.58 bits per heavy atom. The lowest BCUT2D eigenvalue weighted by Crippen LogP contribution is -2.38. The molecule has 7 nitrogen and oxygen atoms in total. The number of carbonyl (C=O) groups is 1. The van der Waals surface area contributed by atoms with Gasteiger partial charge in [0, 0.05) is 40.2 Å². The predicted molar refractivity (Wildman–Crippen MR) is 142 cm³/mol. The predicted octanol–water partition coefficient (Wildman–Crippen LogP) is 4.02. The number of amides is 1. The fraction of sp³-hybridized carbons (Fsp3) is 0.320. The second-order valence-electron chi connectivity index (χ2n) is 8.05. The van der Waals surface area contributed by atoms with Gasteiger partial charge >= 0.3 is 0 Å². The summed E-state index contributed by atoms with van der Waals surface area (Å²) in [4.78, 5) is 28.4. The van der Waals surface area contributed by atoms with Gasteiger partial charge in [-0.25, -0.2) is 4.98 Å². The lowest BCUT2D eigenvalue weighted by atomic mass is 10.1. The first-order valence-corrected chi connectivity index (χ1v) is 11.0. The molecule has 3 aromatic rings. The SMILES string of the molecule is CN=C(NCc1ccccc1CN1CCCC1=O)N(C)Cc1ncc(-c2ccccc2)[nH]1.I. The molecule has 8 heteroatoms. The summed E-state index contributed by atoms with van der Waals surface area (Å²) < 4.78 is 0. The van der Waals surface area contributed by atoms with Gasteiger partial charge in [0.2, 0.25) is 5.91 Å². The van der Waals surface area contributed by atoms with Crippen LogP contribution in [0.5, 0.6) is 0 Å². The average molecular weight is 558 g/mol. The van der Waals surface area contributed by atoms with Gasteiger partial charge in [-0.15, -0.1) is 24.0 Å². The van der Waals surface area contributed by atoms with Crippen molar-refractivity contribution in [1.29, 1.82) is 0 Å². The van der Waals surface area contributed by atoms with E-state index in [0.29, 0.717) is 26.1 Å². The summed E-state index contributed by atoms with van der Waals surface area (Å²) in [6.07, 6.45) is 3.48. The maximum absolute atomic E-state index is 12.0. The molecule has 1 aromatic heterocycles. The maximum atomic E-state index is 12.0. The lowest BCUT2D eigenvalue weighted by molar-refractivity contribution is -0.128. The van der Waals surface area contributed by atoms with E-state index in [2.05, 4.69) is 44.5 Å². The van der Waals surface area contributed by atoms with Crippen LogP contribution in [0.25, 0.3) is 11.3 Å². The number of aromatic amines is 1. The van der Waals surface area contributed by atoms with Gasteiger partial charge in [-0.05, 0) is 23.1 Å². The molecule has 1 aliphatic heterocycles. The summed E-state index contributed by atoms with van der Waals surface area (Å²) in [6.45, 7) is 2.76. The maximum Gasteiger partial charge on any atom is 0.222 e. The van der Waals surface area contributed by atoms with Crippen molar-refractivity contribution in [3.63, 3.8) is 0 Å². The van der Waals surface area contributed by atoms with Crippen molar-refractivity contribution < 1.29 is 4.79 Å². The number of guanidine groups is 1. The third-order valence-electron chi connectivity index (χ3n) is 5.76. The largest absolute Gasteiger partial charge is 0.352 e. The molecule has 174 valence electrons. The first-order valence-electron chi connectivity index (χ1n) is 11.0. The third kappa shape index (κ3) is 6.34. The van der Waals surface area contributed by atoms with Gasteiger partial charge in [-0.1, -0.05) is 54.6 Å². The Morgan fingerprint density at radius 2 is 1.88 bits per heavy atom. The van der Waals surface area contributed by atoms with Gasteiger partial charge < -0.3 is 20.1 Å². The molecule has 1 saturated heterocycles. The Morgan fingerprint density at radius 1 is 1.15 bits per heavy atom. The molecule has 0 unspecified atom stereocenters. The van der Waals surface area contributed by atoms with Gasteiger partial charge in [0.15, 0.2) is 5.96 Å². The van der Waals surface area contributed by atoms with Crippen LogP contribution in [0.15, 0.2) is 65.8 Å². The van der Waals surface area contributed by atoms with Gasteiger partial charge in [0.25, 0.3) is 0 Å². The highest BCUT2D eigenvalue weighted by molar-refractivity contribution is 14.0. The highest BCUT2D eigenvalue weighted by atomic mass is 127. The van der Waals surface area contributed by atoms with Crippen molar-refractivity contribution in [2.75, 3.05) is 20.6 Å². The third-order valence-corrected chi connectivity index (χ3v) is 5.76. The molecule has 0 saturated carbocycles. The Labute approximate surface area is 212 Å². The Balaban J connectivity index is 0.00000306. The van der Waals surface area contributed by atoms with E-state index in [9.17, 15) is 4.79 Å². The van der Waals surface area contributed by atoms with Gasteiger partial charge in [-0.2, -0.15) is 0 Å². The zero-order valence-corrected chi connectivity index (χ0v) is 21.5. The number of rotatable bonds is 7. The van der Waals surface area contributed by atoms with Gasteiger partial charge in [0.1, 0.15) is 5.82 Å². The number of carbonyl (C=O) groups excluding carboxylic acids is 1. The number of benzene rings is 2. The van der Waals surface area contributed by atoms with E-state index in [-0.39, 0.29) is 29.9 Å². The van der Waals surface area contributed by atoms with Crippen LogP contribution in [0.2, 0.25) is 0 Å². The number of aromatic nitrogens is 2. The van der Waals surface area contributed by atoms with Crippen LogP contribution in [0.4, 0.5) is 0 Å². The number of aliphatic imine (C=N–C) groups is 1. The highest BCUT2D eigenvalue weighted by Gasteiger charge is 2.21. The highest BCUT2D eigenvalue weighted by Crippen LogP contribution is 2.18. The Kier molecular flexibility index (Phi) is 8.87. The number of nitrogens with zero attached hydrogens (tertiary/aromatic N) is 4. The number of imidazole rings is 1. The van der Waals surface area contributed by atoms with E-state index in [1.807, 2.05) is 53.4 Å². The van der Waals surface area contributed by atoms with Crippen LogP contribution in [-0.4, -0.2) is 52.3 Å². The summed E-state index contributed by atoms with van der Waals surface area (Å²) >= 11 is 0. The van der Waals surface area contributed by atoms with E-state index in [0.717, 1.165) is 36.0 Å². The van der Waals surface area contributed by atoms with Crippen LogP contribution in [-0.2, 0) is 24.4 Å². The molecule has 2 aromatic carbocycles.